The number of benzene rings is 1. The van der Waals surface area contributed by atoms with Crippen LogP contribution in [0.25, 0.3) is 11.1 Å². The number of aromatic nitrogens is 2. The van der Waals surface area contributed by atoms with Crippen molar-refractivity contribution in [3.05, 3.63) is 48.3 Å². The highest BCUT2D eigenvalue weighted by atomic mass is 16.5. The zero-order chi connectivity index (χ0) is 23.2. The van der Waals surface area contributed by atoms with Crippen LogP contribution in [0.4, 0.5) is 27.7 Å². The lowest BCUT2D eigenvalue weighted by Gasteiger charge is -2.26. The van der Waals surface area contributed by atoms with Crippen LogP contribution in [0.1, 0.15) is 18.4 Å². The standard InChI is InChI=1S/C24H21N5O5/c30-22-2-1-5-28(22)16-3-4-17-18-12-25-21(8-14(18)13-34-20(17)10-16)27-15-9-19-23(26-11-15)33-7-6-29(19)24(31)32/h3-4,8-12H,1-2,5-7,13H2,(H,25,27)(H,31,32). The van der Waals surface area contributed by atoms with Crippen LogP contribution >= 0.6 is 0 Å². The van der Waals surface area contributed by atoms with Crippen molar-refractivity contribution in [3.8, 4) is 22.8 Å². The van der Waals surface area contributed by atoms with Crippen LogP contribution in [-0.2, 0) is 11.4 Å². The van der Waals surface area contributed by atoms with E-state index < -0.39 is 6.09 Å². The van der Waals surface area contributed by atoms with Gasteiger partial charge in [0, 0.05) is 47.6 Å². The topological polar surface area (TPSA) is 117 Å². The molecule has 0 bridgehead atoms. The molecule has 2 aromatic heterocycles. The molecule has 3 aliphatic rings. The number of ether oxygens (including phenoxy) is 2. The van der Waals surface area contributed by atoms with Crippen LogP contribution in [0.3, 0.4) is 0 Å². The predicted molar refractivity (Wildman–Crippen MR) is 124 cm³/mol. The van der Waals surface area contributed by atoms with E-state index in [0.717, 1.165) is 41.1 Å². The largest absolute Gasteiger partial charge is 0.488 e. The minimum absolute atomic E-state index is 0.142. The molecule has 172 valence electrons. The lowest BCUT2D eigenvalue weighted by atomic mass is 9.98. The van der Waals surface area contributed by atoms with E-state index in [0.29, 0.717) is 30.2 Å². The van der Waals surface area contributed by atoms with Gasteiger partial charge in [0.1, 0.15) is 30.5 Å². The predicted octanol–water partition coefficient (Wildman–Crippen LogP) is 3.78. The van der Waals surface area contributed by atoms with Crippen LogP contribution in [0, 0.1) is 0 Å². The number of hydrogen-bond donors (Lipinski definition) is 2. The Morgan fingerprint density at radius 2 is 1.97 bits per heavy atom. The van der Waals surface area contributed by atoms with E-state index in [1.165, 1.54) is 4.90 Å². The second-order valence-electron chi connectivity index (χ2n) is 8.30. The molecule has 1 fully saturated rings. The fourth-order valence-corrected chi connectivity index (χ4v) is 4.54. The van der Waals surface area contributed by atoms with E-state index >= 15 is 0 Å². The summed E-state index contributed by atoms with van der Waals surface area (Å²) in [4.78, 5) is 35.4. The van der Waals surface area contributed by atoms with Gasteiger partial charge in [-0.1, -0.05) is 0 Å². The van der Waals surface area contributed by atoms with Gasteiger partial charge in [0.15, 0.2) is 0 Å². The van der Waals surface area contributed by atoms with Gasteiger partial charge in [-0.05, 0) is 30.7 Å². The van der Waals surface area contributed by atoms with Gasteiger partial charge in [0.05, 0.1) is 18.4 Å². The van der Waals surface area contributed by atoms with E-state index in [4.69, 9.17) is 9.47 Å². The summed E-state index contributed by atoms with van der Waals surface area (Å²) in [6.45, 7) is 1.62. The molecule has 0 radical (unpaired) electrons. The smallest absolute Gasteiger partial charge is 0.412 e. The maximum absolute atomic E-state index is 12.1. The lowest BCUT2D eigenvalue weighted by molar-refractivity contribution is -0.117. The number of nitrogens with zero attached hydrogens (tertiary/aromatic N) is 4. The summed E-state index contributed by atoms with van der Waals surface area (Å²) in [6, 6.07) is 9.42. The fourth-order valence-electron chi connectivity index (χ4n) is 4.54. The molecule has 1 saturated heterocycles. The molecule has 0 unspecified atom stereocenters. The van der Waals surface area contributed by atoms with Crippen LogP contribution in [0.15, 0.2) is 42.7 Å². The van der Waals surface area contributed by atoms with Gasteiger partial charge in [0.25, 0.3) is 0 Å². The third-order valence-corrected chi connectivity index (χ3v) is 6.19. The maximum atomic E-state index is 12.1. The number of carboxylic acid groups (broad SMARTS) is 1. The van der Waals surface area contributed by atoms with Crippen LogP contribution in [0.2, 0.25) is 0 Å². The molecule has 10 nitrogen and oxygen atoms in total. The summed E-state index contributed by atoms with van der Waals surface area (Å²) in [5.74, 6) is 1.76. The van der Waals surface area contributed by atoms with Crippen molar-refractivity contribution in [2.45, 2.75) is 19.4 Å². The zero-order valence-corrected chi connectivity index (χ0v) is 18.2. The highest BCUT2D eigenvalue weighted by molar-refractivity contribution is 5.96. The number of nitrogens with one attached hydrogen (secondary N) is 1. The number of hydrogen-bond acceptors (Lipinski definition) is 7. The van der Waals surface area contributed by atoms with Crippen molar-refractivity contribution < 1.29 is 24.2 Å². The van der Waals surface area contributed by atoms with Gasteiger partial charge in [-0.25, -0.2) is 14.8 Å². The normalized spacial score (nSPS) is 16.2. The molecule has 0 spiro atoms. The minimum Gasteiger partial charge on any atom is -0.488 e. The fraction of sp³-hybridized carbons (Fsp3) is 0.250. The monoisotopic (exact) mass is 459 g/mol. The number of amides is 2. The lowest BCUT2D eigenvalue weighted by Crippen LogP contribution is -2.37. The van der Waals surface area contributed by atoms with Crippen molar-refractivity contribution in [2.75, 3.05) is 34.8 Å². The summed E-state index contributed by atoms with van der Waals surface area (Å²) >= 11 is 0. The average Bonchev–Trinajstić information content (AvgIpc) is 3.28. The number of pyridine rings is 2. The Kier molecular flexibility index (Phi) is 4.72. The van der Waals surface area contributed by atoms with Gasteiger partial charge in [-0.15, -0.1) is 0 Å². The first kappa shape index (κ1) is 20.3. The molecule has 2 N–H and O–H groups in total. The van der Waals surface area contributed by atoms with Gasteiger partial charge in [-0.3, -0.25) is 9.69 Å². The Hall–Kier alpha value is -4.34. The van der Waals surface area contributed by atoms with Crippen LogP contribution < -0.4 is 24.6 Å². The highest BCUT2D eigenvalue weighted by Crippen LogP contribution is 2.41. The van der Waals surface area contributed by atoms with E-state index in [1.54, 1.807) is 23.4 Å². The Bertz CT molecular complexity index is 1330. The van der Waals surface area contributed by atoms with Crippen molar-refractivity contribution in [2.24, 2.45) is 0 Å². The van der Waals surface area contributed by atoms with E-state index in [1.807, 2.05) is 24.3 Å². The Morgan fingerprint density at radius 3 is 2.79 bits per heavy atom. The molecular weight excluding hydrogens is 438 g/mol. The molecule has 10 heteroatoms. The Morgan fingerprint density at radius 1 is 1.06 bits per heavy atom. The molecule has 0 aliphatic carbocycles. The number of carbonyl (C=O) groups is 2. The molecule has 0 atom stereocenters. The number of carbonyl (C=O) groups excluding carboxylic acids is 1. The van der Waals surface area contributed by atoms with E-state index in [-0.39, 0.29) is 24.9 Å². The van der Waals surface area contributed by atoms with E-state index in [2.05, 4.69) is 15.3 Å². The van der Waals surface area contributed by atoms with Gasteiger partial charge in [0.2, 0.25) is 11.8 Å². The summed E-state index contributed by atoms with van der Waals surface area (Å²) in [7, 11) is 0. The maximum Gasteiger partial charge on any atom is 0.412 e. The summed E-state index contributed by atoms with van der Waals surface area (Å²) < 4.78 is 11.5. The number of anilines is 4. The SMILES string of the molecule is O=C1CCCN1c1ccc2c(c1)OCc1cc(Nc3cnc4c(c3)N(C(=O)O)CCO4)ncc1-2. The minimum atomic E-state index is -1.05. The molecule has 2 amide bonds. The number of fused-ring (bicyclic) bond motifs is 4. The molecule has 5 heterocycles. The average molecular weight is 459 g/mol. The van der Waals surface area contributed by atoms with E-state index in [9.17, 15) is 14.7 Å². The molecule has 3 aliphatic heterocycles. The van der Waals surface area contributed by atoms with Crippen LogP contribution in [-0.4, -0.2) is 46.8 Å². The van der Waals surface area contributed by atoms with Crippen molar-refractivity contribution in [1.29, 1.82) is 0 Å². The molecular formula is C24H21N5O5. The van der Waals surface area contributed by atoms with Crippen molar-refractivity contribution in [3.63, 3.8) is 0 Å². The van der Waals surface area contributed by atoms with Crippen molar-refractivity contribution in [1.82, 2.24) is 9.97 Å². The highest BCUT2D eigenvalue weighted by Gasteiger charge is 2.26. The summed E-state index contributed by atoms with van der Waals surface area (Å²) in [6.07, 6.45) is 3.78. The molecule has 3 aromatic rings. The van der Waals surface area contributed by atoms with Crippen LogP contribution in [0.5, 0.6) is 11.6 Å². The first-order valence-corrected chi connectivity index (χ1v) is 11.0. The summed E-state index contributed by atoms with van der Waals surface area (Å²) in [5, 5.41) is 12.6. The summed E-state index contributed by atoms with van der Waals surface area (Å²) in [5.41, 5.74) is 4.72. The first-order chi connectivity index (χ1) is 16.6. The first-order valence-electron chi connectivity index (χ1n) is 11.0. The third kappa shape index (κ3) is 3.43. The van der Waals surface area contributed by atoms with Gasteiger partial charge >= 0.3 is 6.09 Å². The Balaban J connectivity index is 1.26. The third-order valence-electron chi connectivity index (χ3n) is 6.19. The molecule has 6 rings (SSSR count). The second kappa shape index (κ2) is 7.91. The Labute approximate surface area is 194 Å². The number of rotatable bonds is 3. The molecule has 34 heavy (non-hydrogen) atoms. The van der Waals surface area contributed by atoms with Gasteiger partial charge in [-0.2, -0.15) is 0 Å². The molecule has 0 saturated carbocycles. The van der Waals surface area contributed by atoms with Gasteiger partial charge < -0.3 is 24.8 Å². The zero-order valence-electron chi connectivity index (χ0n) is 18.2. The second-order valence-corrected chi connectivity index (χ2v) is 8.30. The quantitative estimate of drug-likeness (QED) is 0.608. The molecule has 1 aromatic carbocycles. The van der Waals surface area contributed by atoms with Crippen molar-refractivity contribution >= 4 is 34.9 Å².